The second-order valence-corrected chi connectivity index (χ2v) is 6.58. The Bertz CT molecular complexity index is 597. The highest BCUT2D eigenvalue weighted by Gasteiger charge is 2.22. The van der Waals surface area contributed by atoms with Crippen molar-refractivity contribution in [1.29, 1.82) is 0 Å². The minimum atomic E-state index is -0.239. The van der Waals surface area contributed by atoms with Crippen LogP contribution < -0.4 is 5.32 Å². The molecular weight excluding hydrogens is 254 g/mol. The number of aromatic nitrogens is 4. The normalized spacial score (nSPS) is 12.9. The van der Waals surface area contributed by atoms with E-state index in [0.717, 1.165) is 17.3 Å². The van der Waals surface area contributed by atoms with Gasteiger partial charge in [-0.15, -0.1) is 15.3 Å². The Morgan fingerprint density at radius 1 is 1.15 bits per heavy atom. The molecule has 2 aromatic rings. The van der Waals surface area contributed by atoms with E-state index in [1.54, 1.807) is 11.6 Å². The first-order valence-electron chi connectivity index (χ1n) is 6.75. The molecule has 6 heteroatoms. The molecule has 0 spiro atoms. The topological polar surface area (TPSA) is 64.3 Å². The Balaban J connectivity index is 2.29. The molecule has 0 radical (unpaired) electrons. The van der Waals surface area contributed by atoms with Crippen LogP contribution in [0.1, 0.15) is 40.4 Å². The average molecular weight is 277 g/mol. The molecule has 2 heterocycles. The van der Waals surface area contributed by atoms with Crippen molar-refractivity contribution in [2.24, 2.45) is 0 Å². The van der Waals surface area contributed by atoms with Crippen molar-refractivity contribution in [2.45, 2.75) is 45.6 Å². The Hall–Kier alpha value is -1.69. The van der Waals surface area contributed by atoms with Gasteiger partial charge in [-0.3, -0.25) is 0 Å². The fraction of sp³-hybridized carbons (Fsp3) is 0.643. The van der Waals surface area contributed by atoms with Gasteiger partial charge >= 0.3 is 0 Å². The first kappa shape index (κ1) is 14.7. The number of rotatable bonds is 4. The average Bonchev–Trinajstić information content (AvgIpc) is 2.79. The molecule has 0 aliphatic rings. The quantitative estimate of drug-likeness (QED) is 0.928. The van der Waals surface area contributed by atoms with E-state index in [0.29, 0.717) is 6.54 Å². The molecule has 6 nitrogen and oxygen atoms in total. The van der Waals surface area contributed by atoms with Crippen molar-refractivity contribution in [2.75, 3.05) is 19.0 Å². The number of nitrogens with zero attached hydrogens (tertiary/aromatic N) is 4. The number of methoxy groups -OCH3 is 1. The van der Waals surface area contributed by atoms with E-state index in [4.69, 9.17) is 4.74 Å². The Kier molecular flexibility index (Phi) is 3.69. The Morgan fingerprint density at radius 3 is 2.45 bits per heavy atom. The molecule has 0 atom stereocenters. The van der Waals surface area contributed by atoms with Gasteiger partial charge in [0.05, 0.1) is 5.60 Å². The predicted molar refractivity (Wildman–Crippen MR) is 79.1 cm³/mol. The van der Waals surface area contributed by atoms with Gasteiger partial charge in [0.25, 0.3) is 0 Å². The Morgan fingerprint density at radius 2 is 1.85 bits per heavy atom. The molecule has 0 unspecified atom stereocenters. The zero-order valence-corrected chi connectivity index (χ0v) is 13.1. The van der Waals surface area contributed by atoms with Crippen molar-refractivity contribution in [3.8, 4) is 0 Å². The van der Waals surface area contributed by atoms with E-state index in [1.165, 1.54) is 0 Å². The van der Waals surface area contributed by atoms with Gasteiger partial charge in [-0.05, 0) is 26.0 Å². The molecule has 2 rings (SSSR count). The van der Waals surface area contributed by atoms with Crippen LogP contribution in [0.5, 0.6) is 0 Å². The summed E-state index contributed by atoms with van der Waals surface area (Å²) in [6, 6.07) is 3.82. The highest BCUT2D eigenvalue weighted by molar-refractivity contribution is 5.44. The summed E-state index contributed by atoms with van der Waals surface area (Å²) < 4.78 is 7.18. The van der Waals surface area contributed by atoms with Crippen LogP contribution in [-0.4, -0.2) is 39.1 Å². The van der Waals surface area contributed by atoms with E-state index in [9.17, 15) is 0 Å². The molecule has 2 aromatic heterocycles. The molecule has 0 aliphatic heterocycles. The number of nitrogens with one attached hydrogen (secondary N) is 1. The molecule has 0 fully saturated rings. The summed E-state index contributed by atoms with van der Waals surface area (Å²) >= 11 is 0. The molecule has 0 aromatic carbocycles. The third-order valence-electron chi connectivity index (χ3n) is 3.18. The fourth-order valence-corrected chi connectivity index (χ4v) is 1.73. The lowest BCUT2D eigenvalue weighted by molar-refractivity contribution is 0.0343. The van der Waals surface area contributed by atoms with Gasteiger partial charge in [-0.2, -0.15) is 4.52 Å². The largest absolute Gasteiger partial charge is 0.377 e. The highest BCUT2D eigenvalue weighted by Crippen LogP contribution is 2.20. The minimum Gasteiger partial charge on any atom is -0.377 e. The molecule has 0 aliphatic carbocycles. The second-order valence-electron chi connectivity index (χ2n) is 6.58. The molecule has 0 amide bonds. The zero-order valence-electron chi connectivity index (χ0n) is 13.1. The summed E-state index contributed by atoms with van der Waals surface area (Å²) in [5.74, 6) is 1.63. The first-order chi connectivity index (χ1) is 9.23. The van der Waals surface area contributed by atoms with E-state index in [1.807, 2.05) is 26.0 Å². The molecule has 0 bridgehead atoms. The van der Waals surface area contributed by atoms with E-state index < -0.39 is 0 Å². The number of fused-ring (bicyclic) bond motifs is 1. The molecule has 0 saturated carbocycles. The lowest BCUT2D eigenvalue weighted by atomic mass is 9.96. The minimum absolute atomic E-state index is 0.100. The van der Waals surface area contributed by atoms with Crippen LogP contribution in [-0.2, 0) is 10.2 Å². The summed E-state index contributed by atoms with van der Waals surface area (Å²) in [5.41, 5.74) is 0.416. The highest BCUT2D eigenvalue weighted by atomic mass is 16.5. The lowest BCUT2D eigenvalue weighted by Crippen LogP contribution is -2.32. The van der Waals surface area contributed by atoms with Crippen molar-refractivity contribution in [3.63, 3.8) is 0 Å². The lowest BCUT2D eigenvalue weighted by Gasteiger charge is -2.23. The number of anilines is 1. The van der Waals surface area contributed by atoms with Crippen LogP contribution in [0.3, 0.4) is 0 Å². The molecular formula is C14H23N5O. The van der Waals surface area contributed by atoms with Crippen molar-refractivity contribution < 1.29 is 4.74 Å². The number of hydrogen-bond acceptors (Lipinski definition) is 5. The van der Waals surface area contributed by atoms with Crippen LogP contribution in [0.2, 0.25) is 0 Å². The van der Waals surface area contributed by atoms with Gasteiger partial charge in [-0.1, -0.05) is 20.8 Å². The second kappa shape index (κ2) is 5.01. The fourth-order valence-electron chi connectivity index (χ4n) is 1.73. The van der Waals surface area contributed by atoms with Gasteiger partial charge in [0.1, 0.15) is 5.82 Å². The van der Waals surface area contributed by atoms with Crippen molar-refractivity contribution in [3.05, 3.63) is 18.0 Å². The summed E-state index contributed by atoms with van der Waals surface area (Å²) in [5, 5.41) is 16.2. The maximum absolute atomic E-state index is 5.39. The number of hydrogen-bond donors (Lipinski definition) is 1. The van der Waals surface area contributed by atoms with Gasteiger partial charge in [0.2, 0.25) is 0 Å². The summed E-state index contributed by atoms with van der Waals surface area (Å²) in [6.45, 7) is 11.0. The predicted octanol–water partition coefficient (Wildman–Crippen LogP) is 2.26. The molecule has 1 N–H and O–H groups in total. The van der Waals surface area contributed by atoms with E-state index >= 15 is 0 Å². The van der Waals surface area contributed by atoms with Crippen molar-refractivity contribution >= 4 is 11.5 Å². The van der Waals surface area contributed by atoms with E-state index in [2.05, 4.69) is 41.4 Å². The Labute approximate surface area is 119 Å². The van der Waals surface area contributed by atoms with E-state index in [-0.39, 0.29) is 11.0 Å². The third-order valence-corrected chi connectivity index (χ3v) is 3.18. The van der Waals surface area contributed by atoms with Gasteiger partial charge in [0, 0.05) is 19.1 Å². The van der Waals surface area contributed by atoms with Gasteiger partial charge in [-0.25, -0.2) is 0 Å². The standard InChI is InChI=1S/C14H23N5O/c1-13(2,3)12-17-16-11-8-7-10(18-19(11)12)15-9-14(4,5)20-6/h7-8H,9H2,1-6H3,(H,15,18). The molecule has 20 heavy (non-hydrogen) atoms. The summed E-state index contributed by atoms with van der Waals surface area (Å²) in [4.78, 5) is 0. The number of ether oxygens (including phenoxy) is 1. The van der Waals surface area contributed by atoms with Crippen LogP contribution in [0.15, 0.2) is 12.1 Å². The maximum Gasteiger partial charge on any atom is 0.178 e. The molecule has 110 valence electrons. The van der Waals surface area contributed by atoms with Gasteiger partial charge in [0.15, 0.2) is 11.5 Å². The summed E-state index contributed by atoms with van der Waals surface area (Å²) in [7, 11) is 1.70. The SMILES string of the molecule is COC(C)(C)CNc1ccc2nnc(C(C)(C)C)n2n1. The molecule has 0 saturated heterocycles. The monoisotopic (exact) mass is 277 g/mol. The first-order valence-corrected chi connectivity index (χ1v) is 6.75. The summed E-state index contributed by atoms with van der Waals surface area (Å²) in [6.07, 6.45) is 0. The smallest absolute Gasteiger partial charge is 0.178 e. The van der Waals surface area contributed by atoms with Crippen molar-refractivity contribution in [1.82, 2.24) is 19.8 Å². The third kappa shape index (κ3) is 3.07. The van der Waals surface area contributed by atoms with Crippen LogP contribution >= 0.6 is 0 Å². The van der Waals surface area contributed by atoms with Crippen LogP contribution in [0, 0.1) is 0 Å². The van der Waals surface area contributed by atoms with Gasteiger partial charge < -0.3 is 10.1 Å². The zero-order chi connectivity index (χ0) is 15.0. The van der Waals surface area contributed by atoms with Crippen LogP contribution in [0.4, 0.5) is 5.82 Å². The maximum atomic E-state index is 5.39. The van der Waals surface area contributed by atoms with Crippen LogP contribution in [0.25, 0.3) is 5.65 Å².